The number of benzene rings is 1. The van der Waals surface area contributed by atoms with Gasteiger partial charge in [0.05, 0.1) is 16.8 Å². The summed E-state index contributed by atoms with van der Waals surface area (Å²) in [6.45, 7) is 4.24. The molecule has 1 aliphatic carbocycles. The highest BCUT2D eigenvalue weighted by atomic mass is 35.5. The number of aromatic amines is 1. The minimum Gasteiger partial charge on any atom is -0.430 e. The normalized spacial score (nSPS) is 13.4. The lowest BCUT2D eigenvalue weighted by Gasteiger charge is -2.11. The van der Waals surface area contributed by atoms with E-state index in [0.717, 1.165) is 30.3 Å². The molecule has 0 fully saturated rings. The molecule has 5 rings (SSSR count). The van der Waals surface area contributed by atoms with Crippen molar-refractivity contribution in [1.82, 2.24) is 15.0 Å². The Morgan fingerprint density at radius 1 is 1.19 bits per heavy atom. The molecular formula is C23H20ClN3O3S. The Bertz CT molecular complexity index is 1390. The Morgan fingerprint density at radius 2 is 1.94 bits per heavy atom. The van der Waals surface area contributed by atoms with Gasteiger partial charge in [-0.2, -0.15) is 0 Å². The number of aromatic nitrogens is 3. The van der Waals surface area contributed by atoms with Gasteiger partial charge in [-0.3, -0.25) is 14.6 Å². The minimum atomic E-state index is -0.359. The maximum absolute atomic E-state index is 12.7. The number of furan rings is 1. The molecule has 1 N–H and O–H groups in total. The number of carbonyl (C=O) groups is 1. The molecule has 0 spiro atoms. The first-order valence-corrected chi connectivity index (χ1v) is 11.6. The number of H-pyrrole nitrogens is 1. The Morgan fingerprint density at radius 3 is 2.68 bits per heavy atom. The highest BCUT2D eigenvalue weighted by molar-refractivity contribution is 7.99. The van der Waals surface area contributed by atoms with E-state index in [4.69, 9.17) is 21.0 Å². The summed E-state index contributed by atoms with van der Waals surface area (Å²) in [5, 5.41) is 1.81. The number of hydrogen-bond donors (Lipinski definition) is 1. The first kappa shape index (κ1) is 20.3. The zero-order valence-corrected chi connectivity index (χ0v) is 18.7. The van der Waals surface area contributed by atoms with Crippen molar-refractivity contribution in [3.05, 3.63) is 62.0 Å². The summed E-state index contributed by atoms with van der Waals surface area (Å²) in [5.74, 6) is 0.367. The fourth-order valence-corrected chi connectivity index (χ4v) is 5.06. The van der Waals surface area contributed by atoms with Gasteiger partial charge in [0.25, 0.3) is 5.56 Å². The predicted molar refractivity (Wildman–Crippen MR) is 123 cm³/mol. The van der Waals surface area contributed by atoms with Crippen LogP contribution in [-0.2, 0) is 12.8 Å². The smallest absolute Gasteiger partial charge is 0.295 e. The number of carbonyl (C=O) groups excluding carboxylic acids is 1. The van der Waals surface area contributed by atoms with E-state index in [-0.39, 0.29) is 28.6 Å². The lowest BCUT2D eigenvalue weighted by atomic mass is 9.99. The number of fused-ring (bicyclic) bond motifs is 5. The summed E-state index contributed by atoms with van der Waals surface area (Å²) in [5.41, 5.74) is 4.89. The van der Waals surface area contributed by atoms with Gasteiger partial charge in [0, 0.05) is 10.6 Å². The molecule has 0 radical (unpaired) electrons. The number of nitrogens with zero attached hydrogens (tertiary/aromatic N) is 2. The van der Waals surface area contributed by atoms with Crippen LogP contribution in [0, 0.1) is 0 Å². The van der Waals surface area contributed by atoms with Crippen LogP contribution in [0.25, 0.3) is 22.2 Å². The van der Waals surface area contributed by atoms with Gasteiger partial charge in [0.1, 0.15) is 5.52 Å². The van der Waals surface area contributed by atoms with Gasteiger partial charge >= 0.3 is 0 Å². The van der Waals surface area contributed by atoms with Crippen LogP contribution in [-0.4, -0.2) is 26.5 Å². The van der Waals surface area contributed by atoms with Crippen LogP contribution >= 0.6 is 23.4 Å². The van der Waals surface area contributed by atoms with Gasteiger partial charge in [-0.05, 0) is 60.6 Å². The summed E-state index contributed by atoms with van der Waals surface area (Å²) in [6, 6.07) is 6.75. The second kappa shape index (κ2) is 7.80. The number of Topliss-reactive ketones (excluding diaryl/α,β-unsaturated/α-hetero) is 1. The van der Waals surface area contributed by atoms with Crippen LogP contribution in [0.2, 0.25) is 5.02 Å². The monoisotopic (exact) mass is 453 g/mol. The highest BCUT2D eigenvalue weighted by Crippen LogP contribution is 2.38. The maximum Gasteiger partial charge on any atom is 0.295 e. The molecule has 158 valence electrons. The minimum absolute atomic E-state index is 0.0643. The molecule has 0 saturated carbocycles. The molecule has 1 aromatic carbocycles. The van der Waals surface area contributed by atoms with Gasteiger partial charge in [0.2, 0.25) is 11.3 Å². The van der Waals surface area contributed by atoms with E-state index in [1.807, 2.05) is 0 Å². The Labute approximate surface area is 187 Å². The van der Waals surface area contributed by atoms with Crippen molar-refractivity contribution in [2.45, 2.75) is 44.2 Å². The number of halogens is 1. The highest BCUT2D eigenvalue weighted by Gasteiger charge is 2.26. The van der Waals surface area contributed by atoms with E-state index in [0.29, 0.717) is 27.0 Å². The predicted octanol–water partition coefficient (Wildman–Crippen LogP) is 5.30. The fourth-order valence-electron chi connectivity index (χ4n) is 4.18. The number of aryl methyl sites for hydroxylation is 1. The number of nitrogens with one attached hydrogen (secondary N) is 1. The number of hydrogen-bond acceptors (Lipinski definition) is 6. The number of rotatable bonds is 5. The molecule has 0 bridgehead atoms. The number of pyridine rings is 1. The van der Waals surface area contributed by atoms with Crippen molar-refractivity contribution in [3.63, 3.8) is 0 Å². The third kappa shape index (κ3) is 3.55. The van der Waals surface area contributed by atoms with Gasteiger partial charge < -0.3 is 4.42 Å². The van der Waals surface area contributed by atoms with Gasteiger partial charge in [-0.15, -0.1) is 0 Å². The first-order chi connectivity index (χ1) is 14.9. The molecule has 3 heterocycles. The van der Waals surface area contributed by atoms with E-state index >= 15 is 0 Å². The van der Waals surface area contributed by atoms with E-state index in [2.05, 4.69) is 23.8 Å². The van der Waals surface area contributed by atoms with Crippen LogP contribution in [0.4, 0.5) is 0 Å². The largest absolute Gasteiger partial charge is 0.430 e. The van der Waals surface area contributed by atoms with Crippen LogP contribution in [0.3, 0.4) is 0 Å². The van der Waals surface area contributed by atoms with E-state index in [1.165, 1.54) is 22.9 Å². The molecule has 0 atom stereocenters. The lowest BCUT2D eigenvalue weighted by molar-refractivity contribution is 0.102. The van der Waals surface area contributed by atoms with Crippen molar-refractivity contribution in [3.8, 4) is 0 Å². The fraction of sp³-hybridized carbons (Fsp3) is 0.304. The maximum atomic E-state index is 12.7. The van der Waals surface area contributed by atoms with Crippen LogP contribution < -0.4 is 5.56 Å². The molecule has 31 heavy (non-hydrogen) atoms. The summed E-state index contributed by atoms with van der Waals surface area (Å²) < 4.78 is 5.85. The zero-order chi connectivity index (χ0) is 21.7. The SMILES string of the molecule is CC(C)c1nc2oc3c(=O)[nH]c(SCC(=O)c4ccc(Cl)cc4)nc3c2c2c1CCC2. The van der Waals surface area contributed by atoms with E-state index in [9.17, 15) is 9.59 Å². The standard InChI is InChI=1S/C23H20ClN3O3S/c1-11(2)18-15-5-3-4-14(15)17-19-20(30-22(17)25-18)21(29)27-23(26-19)31-10-16(28)12-6-8-13(24)9-7-12/h6-9,11H,3-5,10H2,1-2H3,(H,26,27,29). The number of ketones is 1. The average molecular weight is 454 g/mol. The van der Waals surface area contributed by atoms with Gasteiger partial charge in [-0.25, -0.2) is 9.97 Å². The van der Waals surface area contributed by atoms with E-state index < -0.39 is 0 Å². The zero-order valence-electron chi connectivity index (χ0n) is 17.1. The number of thioether (sulfide) groups is 1. The summed E-state index contributed by atoms with van der Waals surface area (Å²) >= 11 is 7.08. The summed E-state index contributed by atoms with van der Waals surface area (Å²) in [7, 11) is 0. The molecule has 0 aliphatic heterocycles. The van der Waals surface area contributed by atoms with Gasteiger partial charge in [-0.1, -0.05) is 37.2 Å². The van der Waals surface area contributed by atoms with Crippen molar-refractivity contribution >= 4 is 51.3 Å². The second-order valence-corrected chi connectivity index (χ2v) is 9.41. The van der Waals surface area contributed by atoms with Crippen LogP contribution in [0.1, 0.15) is 53.4 Å². The van der Waals surface area contributed by atoms with Crippen molar-refractivity contribution in [2.24, 2.45) is 0 Å². The molecule has 0 amide bonds. The molecule has 0 saturated heterocycles. The quantitative estimate of drug-likeness (QED) is 0.250. The molecule has 4 aromatic rings. The van der Waals surface area contributed by atoms with Crippen molar-refractivity contribution in [1.29, 1.82) is 0 Å². The average Bonchev–Trinajstić information content (AvgIpc) is 3.36. The topological polar surface area (TPSA) is 88.9 Å². The third-order valence-electron chi connectivity index (χ3n) is 5.61. The molecule has 1 aliphatic rings. The molecule has 6 nitrogen and oxygen atoms in total. The van der Waals surface area contributed by atoms with Crippen LogP contribution in [0.5, 0.6) is 0 Å². The Balaban J connectivity index is 1.55. The van der Waals surface area contributed by atoms with Crippen molar-refractivity contribution < 1.29 is 9.21 Å². The molecule has 8 heteroatoms. The molecule has 0 unspecified atom stereocenters. The van der Waals surface area contributed by atoms with Crippen LogP contribution in [0.15, 0.2) is 38.6 Å². The second-order valence-electron chi connectivity index (χ2n) is 8.01. The molecule has 3 aromatic heterocycles. The van der Waals surface area contributed by atoms with E-state index in [1.54, 1.807) is 24.3 Å². The van der Waals surface area contributed by atoms with Gasteiger partial charge in [0.15, 0.2) is 10.9 Å². The Hall–Kier alpha value is -2.64. The Kier molecular flexibility index (Phi) is 5.10. The summed E-state index contributed by atoms with van der Waals surface area (Å²) in [6.07, 6.45) is 2.97. The lowest BCUT2D eigenvalue weighted by Crippen LogP contribution is -2.09. The summed E-state index contributed by atoms with van der Waals surface area (Å²) in [4.78, 5) is 37.3. The molecular weight excluding hydrogens is 434 g/mol. The first-order valence-electron chi connectivity index (χ1n) is 10.2. The van der Waals surface area contributed by atoms with Crippen molar-refractivity contribution in [2.75, 3.05) is 5.75 Å². The third-order valence-corrected chi connectivity index (χ3v) is 6.73.